The fourth-order valence-corrected chi connectivity index (χ4v) is 3.62. The van der Waals surface area contributed by atoms with E-state index in [0.717, 1.165) is 16.8 Å². The van der Waals surface area contributed by atoms with Gasteiger partial charge in [-0.3, -0.25) is 10.1 Å². The monoisotopic (exact) mass is 473 g/mol. The minimum atomic E-state index is -4.56. The summed E-state index contributed by atoms with van der Waals surface area (Å²) in [6.45, 7) is 3.65. The number of carbonyl (C=O) groups is 2. The molecule has 0 aliphatic heterocycles. The van der Waals surface area contributed by atoms with Crippen molar-refractivity contribution in [3.63, 3.8) is 0 Å². The van der Waals surface area contributed by atoms with Crippen molar-refractivity contribution in [2.45, 2.75) is 33.0 Å². The molecule has 0 bridgehead atoms. The highest BCUT2D eigenvalue weighted by Gasteiger charge is 2.32. The number of nitrogens with zero attached hydrogens (tertiary/aromatic N) is 3. The lowest BCUT2D eigenvalue weighted by molar-refractivity contribution is -0.154. The molecular weight excluding hydrogens is 447 g/mol. The molecule has 7 nitrogen and oxygen atoms in total. The Morgan fingerprint density at radius 3 is 2.35 bits per heavy atom. The Bertz CT molecular complexity index is 1150. The van der Waals surface area contributed by atoms with Gasteiger partial charge in [0.15, 0.2) is 0 Å². The zero-order valence-corrected chi connectivity index (χ0v) is 19.1. The second-order valence-electron chi connectivity index (χ2n) is 7.96. The summed E-state index contributed by atoms with van der Waals surface area (Å²) in [7, 11) is 0. The second-order valence-corrected chi connectivity index (χ2v) is 7.96. The number of hydrogen-bond donors (Lipinski definition) is 2. The summed E-state index contributed by atoms with van der Waals surface area (Å²) in [5, 5.41) is 9.99. The average molecular weight is 473 g/mol. The molecule has 0 fully saturated rings. The fourth-order valence-electron chi connectivity index (χ4n) is 3.62. The van der Waals surface area contributed by atoms with Crippen LogP contribution in [0.15, 0.2) is 54.6 Å². The highest BCUT2D eigenvalue weighted by Crippen LogP contribution is 2.24. The van der Waals surface area contributed by atoms with Gasteiger partial charge in [-0.05, 0) is 44.0 Å². The molecule has 1 heterocycles. The van der Waals surface area contributed by atoms with Gasteiger partial charge in [-0.1, -0.05) is 42.5 Å². The van der Waals surface area contributed by atoms with E-state index in [2.05, 4.69) is 15.7 Å². The van der Waals surface area contributed by atoms with Crippen LogP contribution in [-0.2, 0) is 4.79 Å². The molecule has 3 amide bonds. The standard InChI is InChI=1S/C24H26F3N5O2/c1-16-9-7-8-12-20(16)21(13-31(15-33)14-24(25,26)27)28-23(34)29-22-17(2)18(3)30-32(22)19-10-5-4-6-11-19/h4-12,15,21H,13-14H2,1-3H3,(H2,28,29,34). The Morgan fingerprint density at radius 2 is 1.74 bits per heavy atom. The summed E-state index contributed by atoms with van der Waals surface area (Å²) < 4.78 is 40.3. The van der Waals surface area contributed by atoms with Crippen molar-refractivity contribution in [2.75, 3.05) is 18.4 Å². The maximum atomic E-state index is 13.0. The van der Waals surface area contributed by atoms with E-state index >= 15 is 0 Å². The van der Waals surface area contributed by atoms with Crippen molar-refractivity contribution in [2.24, 2.45) is 0 Å². The van der Waals surface area contributed by atoms with Gasteiger partial charge in [-0.2, -0.15) is 18.3 Å². The molecule has 0 saturated carbocycles. The summed E-state index contributed by atoms with van der Waals surface area (Å²) >= 11 is 0. The summed E-state index contributed by atoms with van der Waals surface area (Å²) in [6.07, 6.45) is -4.42. The molecule has 1 atom stereocenters. The summed E-state index contributed by atoms with van der Waals surface area (Å²) in [6, 6.07) is 14.7. The number of para-hydroxylation sites is 1. The molecule has 1 unspecified atom stereocenters. The van der Waals surface area contributed by atoms with E-state index in [-0.39, 0.29) is 13.0 Å². The van der Waals surface area contributed by atoms with Crippen molar-refractivity contribution >= 4 is 18.3 Å². The molecule has 10 heteroatoms. The predicted octanol–water partition coefficient (Wildman–Crippen LogP) is 4.68. The number of anilines is 1. The molecule has 0 saturated heterocycles. The van der Waals surface area contributed by atoms with Crippen LogP contribution < -0.4 is 10.6 Å². The third-order valence-electron chi connectivity index (χ3n) is 5.41. The lowest BCUT2D eigenvalue weighted by atomic mass is 10.0. The molecule has 34 heavy (non-hydrogen) atoms. The number of alkyl halides is 3. The van der Waals surface area contributed by atoms with E-state index in [1.54, 1.807) is 35.9 Å². The number of urea groups is 1. The quantitative estimate of drug-likeness (QED) is 0.466. The third kappa shape index (κ3) is 6.15. The number of halogens is 3. The van der Waals surface area contributed by atoms with Crippen LogP contribution in [-0.4, -0.2) is 46.4 Å². The number of amides is 3. The van der Waals surface area contributed by atoms with Gasteiger partial charge in [-0.15, -0.1) is 0 Å². The highest BCUT2D eigenvalue weighted by molar-refractivity contribution is 5.90. The van der Waals surface area contributed by atoms with E-state index in [0.29, 0.717) is 22.0 Å². The normalized spacial score (nSPS) is 12.2. The van der Waals surface area contributed by atoms with Crippen molar-refractivity contribution in [3.05, 3.63) is 77.0 Å². The average Bonchev–Trinajstić information content (AvgIpc) is 3.06. The first-order chi connectivity index (χ1) is 16.1. The van der Waals surface area contributed by atoms with Crippen molar-refractivity contribution < 1.29 is 22.8 Å². The Balaban J connectivity index is 1.87. The van der Waals surface area contributed by atoms with Gasteiger partial charge in [0, 0.05) is 12.1 Å². The smallest absolute Gasteiger partial charge is 0.334 e. The van der Waals surface area contributed by atoms with Crippen LogP contribution >= 0.6 is 0 Å². The van der Waals surface area contributed by atoms with E-state index in [9.17, 15) is 22.8 Å². The summed E-state index contributed by atoms with van der Waals surface area (Å²) in [4.78, 5) is 25.0. The van der Waals surface area contributed by atoms with Gasteiger partial charge in [0.1, 0.15) is 12.4 Å². The highest BCUT2D eigenvalue weighted by atomic mass is 19.4. The first kappa shape index (κ1) is 24.8. The number of aryl methyl sites for hydroxylation is 2. The van der Waals surface area contributed by atoms with Crippen molar-refractivity contribution in [3.8, 4) is 5.69 Å². The number of aromatic nitrogens is 2. The van der Waals surface area contributed by atoms with Gasteiger partial charge in [0.05, 0.1) is 17.4 Å². The zero-order chi connectivity index (χ0) is 24.9. The third-order valence-corrected chi connectivity index (χ3v) is 5.41. The van der Waals surface area contributed by atoms with Crippen molar-refractivity contribution in [1.29, 1.82) is 0 Å². The van der Waals surface area contributed by atoms with Gasteiger partial charge >= 0.3 is 12.2 Å². The molecule has 0 aliphatic carbocycles. The largest absolute Gasteiger partial charge is 0.406 e. The van der Waals surface area contributed by atoms with Gasteiger partial charge in [-0.25, -0.2) is 9.48 Å². The number of benzene rings is 2. The molecule has 2 aromatic carbocycles. The molecule has 3 aromatic rings. The SMILES string of the molecule is Cc1ccccc1C(CN(C=O)CC(F)(F)F)NC(=O)Nc1c(C)c(C)nn1-c1ccccc1. The van der Waals surface area contributed by atoms with E-state index < -0.39 is 24.8 Å². The second kappa shape index (κ2) is 10.4. The number of carbonyl (C=O) groups excluding carboxylic acids is 2. The first-order valence-corrected chi connectivity index (χ1v) is 10.6. The van der Waals surface area contributed by atoms with Crippen LogP contribution in [0.1, 0.15) is 28.4 Å². The Hall–Kier alpha value is -3.82. The molecule has 0 spiro atoms. The van der Waals surface area contributed by atoms with Crippen LogP contribution in [0.5, 0.6) is 0 Å². The Morgan fingerprint density at radius 1 is 1.09 bits per heavy atom. The van der Waals surface area contributed by atoms with Crippen molar-refractivity contribution in [1.82, 2.24) is 20.0 Å². The minimum absolute atomic E-state index is 0.135. The minimum Gasteiger partial charge on any atom is -0.334 e. The van der Waals surface area contributed by atoms with Crippen LogP contribution in [0.3, 0.4) is 0 Å². The molecule has 0 radical (unpaired) electrons. The Labute approximate surface area is 195 Å². The Kier molecular flexibility index (Phi) is 7.60. The summed E-state index contributed by atoms with van der Waals surface area (Å²) in [5.74, 6) is 0.437. The molecular formula is C24H26F3N5O2. The lowest BCUT2D eigenvalue weighted by Gasteiger charge is -2.27. The fraction of sp³-hybridized carbons (Fsp3) is 0.292. The van der Waals surface area contributed by atoms with Crippen LogP contribution in [0, 0.1) is 20.8 Å². The predicted molar refractivity (Wildman–Crippen MR) is 123 cm³/mol. The summed E-state index contributed by atoms with van der Waals surface area (Å²) in [5.41, 5.74) is 3.58. The number of rotatable bonds is 8. The molecule has 2 N–H and O–H groups in total. The topological polar surface area (TPSA) is 79.3 Å². The van der Waals surface area contributed by atoms with Crippen LogP contribution in [0.2, 0.25) is 0 Å². The number of hydrogen-bond acceptors (Lipinski definition) is 3. The first-order valence-electron chi connectivity index (χ1n) is 10.6. The molecule has 0 aliphatic rings. The lowest BCUT2D eigenvalue weighted by Crippen LogP contribution is -2.42. The van der Waals surface area contributed by atoms with E-state index in [1.807, 2.05) is 44.2 Å². The zero-order valence-electron chi connectivity index (χ0n) is 19.1. The maximum Gasteiger partial charge on any atom is 0.406 e. The van der Waals surface area contributed by atoms with E-state index in [4.69, 9.17) is 0 Å². The van der Waals surface area contributed by atoms with E-state index in [1.165, 1.54) is 0 Å². The molecule has 1 aromatic heterocycles. The van der Waals surface area contributed by atoms with Gasteiger partial charge < -0.3 is 10.2 Å². The molecule has 180 valence electrons. The van der Waals surface area contributed by atoms with Gasteiger partial charge in [0.2, 0.25) is 6.41 Å². The van der Waals surface area contributed by atoms with Crippen LogP contribution in [0.25, 0.3) is 5.69 Å². The molecule has 3 rings (SSSR count). The van der Waals surface area contributed by atoms with Gasteiger partial charge in [0.25, 0.3) is 0 Å². The maximum absolute atomic E-state index is 13.0. The number of nitrogens with one attached hydrogen (secondary N) is 2. The van der Waals surface area contributed by atoms with Crippen LogP contribution in [0.4, 0.5) is 23.8 Å².